The summed E-state index contributed by atoms with van der Waals surface area (Å²) in [6, 6.07) is 13.4. The van der Waals surface area contributed by atoms with E-state index < -0.39 is 0 Å². The number of aryl methyl sites for hydroxylation is 1. The molecule has 1 aromatic carbocycles. The molecule has 0 spiro atoms. The van der Waals surface area contributed by atoms with Gasteiger partial charge in [0.2, 0.25) is 0 Å². The molecule has 112 valence electrons. The second-order valence-electron chi connectivity index (χ2n) is 4.84. The van der Waals surface area contributed by atoms with Crippen molar-refractivity contribution in [2.75, 3.05) is 11.9 Å². The smallest absolute Gasteiger partial charge is 0.320 e. The summed E-state index contributed by atoms with van der Waals surface area (Å²) < 4.78 is 0. The van der Waals surface area contributed by atoms with E-state index in [1.165, 1.54) is 0 Å². The van der Waals surface area contributed by atoms with Gasteiger partial charge in [-0.05, 0) is 37.5 Å². The van der Waals surface area contributed by atoms with Crippen LogP contribution in [-0.4, -0.2) is 17.7 Å². The Morgan fingerprint density at radius 3 is 2.62 bits per heavy atom. The number of aliphatic hydroxyl groups excluding tert-OH is 1. The summed E-state index contributed by atoms with van der Waals surface area (Å²) >= 11 is 1.54. The van der Waals surface area contributed by atoms with Crippen LogP contribution in [0.25, 0.3) is 0 Å². The predicted octanol–water partition coefficient (Wildman–Crippen LogP) is 3.69. The lowest BCUT2D eigenvalue weighted by molar-refractivity contribution is 0.244. The molecule has 0 fully saturated rings. The van der Waals surface area contributed by atoms with Crippen molar-refractivity contribution >= 4 is 22.4 Å². The standard InChI is InChI=1S/C16H20N2O2S/c1-12-9-10-15(21-12)18-16(20)17-14(8-5-11-19)13-6-3-2-4-7-13/h2-4,6-7,9-10,14,19H,5,8,11H2,1H3,(H2,17,18,20). The van der Waals surface area contributed by atoms with Crippen LogP contribution in [0.2, 0.25) is 0 Å². The Balaban J connectivity index is 1.99. The normalized spacial score (nSPS) is 11.9. The molecule has 1 unspecified atom stereocenters. The van der Waals surface area contributed by atoms with Crippen LogP contribution in [0, 0.1) is 6.92 Å². The number of nitrogens with one attached hydrogen (secondary N) is 2. The minimum Gasteiger partial charge on any atom is -0.396 e. The maximum atomic E-state index is 12.1. The van der Waals surface area contributed by atoms with Crippen molar-refractivity contribution in [3.8, 4) is 0 Å². The van der Waals surface area contributed by atoms with E-state index in [-0.39, 0.29) is 18.7 Å². The third kappa shape index (κ3) is 4.88. The monoisotopic (exact) mass is 304 g/mol. The molecule has 1 heterocycles. The predicted molar refractivity (Wildman–Crippen MR) is 86.7 cm³/mol. The topological polar surface area (TPSA) is 61.4 Å². The maximum absolute atomic E-state index is 12.1. The molecule has 0 aliphatic carbocycles. The van der Waals surface area contributed by atoms with Gasteiger partial charge in [0, 0.05) is 11.5 Å². The highest BCUT2D eigenvalue weighted by molar-refractivity contribution is 7.16. The number of benzene rings is 1. The quantitative estimate of drug-likeness (QED) is 0.762. The highest BCUT2D eigenvalue weighted by Gasteiger charge is 2.14. The highest BCUT2D eigenvalue weighted by atomic mass is 32.1. The van der Waals surface area contributed by atoms with Gasteiger partial charge in [-0.25, -0.2) is 4.79 Å². The number of carbonyl (C=O) groups is 1. The van der Waals surface area contributed by atoms with Gasteiger partial charge in [-0.1, -0.05) is 30.3 Å². The molecular formula is C16H20N2O2S. The lowest BCUT2D eigenvalue weighted by Crippen LogP contribution is -2.32. The number of carbonyl (C=O) groups excluding carboxylic acids is 1. The SMILES string of the molecule is Cc1ccc(NC(=O)NC(CCCO)c2ccccc2)s1. The second-order valence-corrected chi connectivity index (χ2v) is 6.13. The van der Waals surface area contributed by atoms with E-state index in [0.717, 1.165) is 15.4 Å². The van der Waals surface area contributed by atoms with Crippen molar-refractivity contribution < 1.29 is 9.90 Å². The maximum Gasteiger partial charge on any atom is 0.320 e. The van der Waals surface area contributed by atoms with Gasteiger partial charge in [-0.2, -0.15) is 0 Å². The number of rotatable bonds is 6. The largest absolute Gasteiger partial charge is 0.396 e. The first-order valence-electron chi connectivity index (χ1n) is 6.99. The summed E-state index contributed by atoms with van der Waals surface area (Å²) in [4.78, 5) is 13.2. The van der Waals surface area contributed by atoms with Crippen LogP contribution in [0.5, 0.6) is 0 Å². The van der Waals surface area contributed by atoms with E-state index in [1.54, 1.807) is 11.3 Å². The molecule has 0 aliphatic rings. The third-order valence-corrected chi connectivity index (χ3v) is 4.05. The average molecular weight is 304 g/mol. The van der Waals surface area contributed by atoms with Crippen molar-refractivity contribution in [1.82, 2.24) is 5.32 Å². The zero-order chi connectivity index (χ0) is 15.1. The number of thiophene rings is 1. The Bertz CT molecular complexity index is 569. The van der Waals surface area contributed by atoms with Crippen molar-refractivity contribution in [2.45, 2.75) is 25.8 Å². The molecule has 4 nitrogen and oxygen atoms in total. The van der Waals surface area contributed by atoms with Crippen LogP contribution in [0.15, 0.2) is 42.5 Å². The Morgan fingerprint density at radius 1 is 1.24 bits per heavy atom. The fourth-order valence-corrected chi connectivity index (χ4v) is 2.87. The highest BCUT2D eigenvalue weighted by Crippen LogP contribution is 2.22. The molecule has 0 aliphatic heterocycles. The lowest BCUT2D eigenvalue weighted by atomic mass is 10.0. The van der Waals surface area contributed by atoms with Crippen molar-refractivity contribution in [1.29, 1.82) is 0 Å². The summed E-state index contributed by atoms with van der Waals surface area (Å²) in [6.07, 6.45) is 1.36. The van der Waals surface area contributed by atoms with Gasteiger partial charge in [0.05, 0.1) is 11.0 Å². The molecule has 0 radical (unpaired) electrons. The van der Waals surface area contributed by atoms with E-state index in [2.05, 4.69) is 10.6 Å². The lowest BCUT2D eigenvalue weighted by Gasteiger charge is -2.19. The van der Waals surface area contributed by atoms with E-state index >= 15 is 0 Å². The Morgan fingerprint density at radius 2 is 2.00 bits per heavy atom. The number of anilines is 1. The van der Waals surface area contributed by atoms with Gasteiger partial charge in [-0.15, -0.1) is 11.3 Å². The Labute approximate surface area is 128 Å². The molecule has 21 heavy (non-hydrogen) atoms. The van der Waals surface area contributed by atoms with Crippen LogP contribution in [0.1, 0.15) is 29.3 Å². The van der Waals surface area contributed by atoms with Crippen LogP contribution in [-0.2, 0) is 0 Å². The van der Waals surface area contributed by atoms with E-state index in [9.17, 15) is 4.79 Å². The molecule has 0 bridgehead atoms. The molecule has 1 aromatic heterocycles. The second kappa shape index (κ2) is 7.81. The van der Waals surface area contributed by atoms with Gasteiger partial charge in [0.25, 0.3) is 0 Å². The molecule has 2 aromatic rings. The fraction of sp³-hybridized carbons (Fsp3) is 0.312. The minimum atomic E-state index is -0.219. The van der Waals surface area contributed by atoms with Gasteiger partial charge in [0.1, 0.15) is 0 Å². The summed E-state index contributed by atoms with van der Waals surface area (Å²) in [7, 11) is 0. The molecule has 5 heteroatoms. The first-order valence-corrected chi connectivity index (χ1v) is 7.80. The molecule has 3 N–H and O–H groups in total. The van der Waals surface area contributed by atoms with Crippen LogP contribution in [0.3, 0.4) is 0 Å². The zero-order valence-corrected chi connectivity index (χ0v) is 12.8. The molecule has 0 saturated heterocycles. The average Bonchev–Trinajstić information content (AvgIpc) is 2.89. The third-order valence-electron chi connectivity index (χ3n) is 3.14. The Hall–Kier alpha value is -1.85. The number of hydrogen-bond acceptors (Lipinski definition) is 3. The summed E-state index contributed by atoms with van der Waals surface area (Å²) in [5, 5.41) is 15.7. The van der Waals surface area contributed by atoms with Gasteiger partial charge in [0.15, 0.2) is 0 Å². The van der Waals surface area contributed by atoms with Crippen molar-refractivity contribution in [3.63, 3.8) is 0 Å². The van der Waals surface area contributed by atoms with Gasteiger partial charge >= 0.3 is 6.03 Å². The fourth-order valence-electron chi connectivity index (χ4n) is 2.11. The first-order chi connectivity index (χ1) is 10.2. The van der Waals surface area contributed by atoms with Crippen LogP contribution < -0.4 is 10.6 Å². The number of aliphatic hydroxyl groups is 1. The van der Waals surface area contributed by atoms with Gasteiger partial charge < -0.3 is 10.4 Å². The van der Waals surface area contributed by atoms with Crippen LogP contribution in [0.4, 0.5) is 9.80 Å². The van der Waals surface area contributed by atoms with Crippen molar-refractivity contribution in [2.24, 2.45) is 0 Å². The van der Waals surface area contributed by atoms with Gasteiger partial charge in [-0.3, -0.25) is 5.32 Å². The minimum absolute atomic E-state index is 0.0978. The van der Waals surface area contributed by atoms with E-state index in [0.29, 0.717) is 12.8 Å². The Kier molecular flexibility index (Phi) is 5.78. The number of hydrogen-bond donors (Lipinski definition) is 3. The number of amides is 2. The molecule has 2 rings (SSSR count). The van der Waals surface area contributed by atoms with Crippen molar-refractivity contribution in [3.05, 3.63) is 52.9 Å². The summed E-state index contributed by atoms with van der Waals surface area (Å²) in [6.45, 7) is 2.12. The molecule has 2 amide bonds. The summed E-state index contributed by atoms with van der Waals surface area (Å²) in [5.74, 6) is 0. The van der Waals surface area contributed by atoms with Crippen LogP contribution >= 0.6 is 11.3 Å². The van der Waals surface area contributed by atoms with E-state index in [1.807, 2.05) is 49.4 Å². The van der Waals surface area contributed by atoms with E-state index in [4.69, 9.17) is 5.11 Å². The summed E-state index contributed by atoms with van der Waals surface area (Å²) in [5.41, 5.74) is 1.04. The molecule has 0 saturated carbocycles. The molecular weight excluding hydrogens is 284 g/mol. The zero-order valence-electron chi connectivity index (χ0n) is 12.0. The first kappa shape index (κ1) is 15.5. The molecule has 1 atom stereocenters. The number of urea groups is 1.